The van der Waals surface area contributed by atoms with Gasteiger partial charge in [0.2, 0.25) is 0 Å². The maximum Gasteiger partial charge on any atom is 0.197 e. The van der Waals surface area contributed by atoms with Crippen LogP contribution in [0.3, 0.4) is 0 Å². The number of carbonyl (C=O) groups excluding carboxylic acids is 1. The lowest BCUT2D eigenvalue weighted by atomic mass is 10.3. The van der Waals surface area contributed by atoms with Gasteiger partial charge in [0.1, 0.15) is 5.78 Å². The van der Waals surface area contributed by atoms with Crippen LogP contribution in [0.2, 0.25) is 0 Å². The fraction of sp³-hybridized carbons (Fsp3) is 0.900. The Labute approximate surface area is 293 Å². The van der Waals surface area contributed by atoms with Crippen LogP contribution in [0, 0.1) is 0 Å². The van der Waals surface area contributed by atoms with E-state index < -0.39 is 29.6 Å². The molecular weight excluding hydrogens is 881 g/mol. The lowest BCUT2D eigenvalue weighted by Gasteiger charge is -2.05. The first kappa shape index (κ1) is 53.9. The predicted octanol–water partition coefficient (Wildman–Crippen LogP) is 14.3. The Morgan fingerprint density at radius 1 is 0.469 bits per heavy atom. The highest BCUT2D eigenvalue weighted by Gasteiger charge is 2.21. The van der Waals surface area contributed by atoms with Crippen LogP contribution in [0.5, 0.6) is 0 Å². The molecule has 32 heavy (non-hydrogen) atoms. The lowest BCUT2D eigenvalue weighted by Crippen LogP contribution is -2.07. The van der Waals surface area contributed by atoms with E-state index in [1.54, 1.807) is 0 Å². The molecule has 0 amide bonds. The van der Waals surface area contributed by atoms with Gasteiger partial charge in [-0.2, -0.15) is 0 Å². The van der Waals surface area contributed by atoms with E-state index in [1.165, 1.54) is 6.92 Å². The van der Waals surface area contributed by atoms with Gasteiger partial charge in [0.05, 0.1) is 6.42 Å². The molecule has 0 aliphatic carbocycles. The molecule has 0 fully saturated rings. The summed E-state index contributed by atoms with van der Waals surface area (Å²) in [5, 5.41) is 0. The number of hydrogen-bond acceptors (Lipinski definition) is 1. The molecule has 0 N–H and O–H groups in total. The van der Waals surface area contributed by atoms with Gasteiger partial charge in [-0.3, -0.25) is 4.79 Å². The molecular formula is C10H11Cl21O. The molecule has 0 saturated heterocycles. The van der Waals surface area contributed by atoms with Crippen molar-refractivity contribution in [3.8, 4) is 0 Å². The molecule has 0 unspecified atom stereocenters. The van der Waals surface area contributed by atoms with Gasteiger partial charge in [-0.25, -0.2) is 0 Å². The third-order valence-corrected chi connectivity index (χ3v) is 0.850. The summed E-state index contributed by atoms with van der Waals surface area (Å²) in [5.41, 5.74) is 0. The first-order valence-electron chi connectivity index (χ1n) is 5.91. The fourth-order valence-corrected chi connectivity index (χ4v) is 0.847. The van der Waals surface area contributed by atoms with Gasteiger partial charge in [-0.15, -0.1) is 0 Å². The molecule has 0 radical (unpaired) electrons. The first-order valence-corrected chi connectivity index (χ1v) is 14.9. The molecule has 0 aromatic heterocycles. The Morgan fingerprint density at radius 3 is 0.562 bits per heavy atom. The summed E-state index contributed by atoms with van der Waals surface area (Å²) in [4.78, 5) is 10.2. The number of ketones is 1. The third-order valence-electron chi connectivity index (χ3n) is 0.449. The summed E-state index contributed by atoms with van der Waals surface area (Å²) in [6, 6.07) is 0. The van der Waals surface area contributed by atoms with E-state index in [-0.39, 0.29) is 12.2 Å². The summed E-state index contributed by atoms with van der Waals surface area (Å²) in [6.07, 6.45) is -0.0162. The van der Waals surface area contributed by atoms with Gasteiger partial charge >= 0.3 is 0 Å². The van der Waals surface area contributed by atoms with E-state index in [9.17, 15) is 4.79 Å². The maximum atomic E-state index is 10.2. The second kappa shape index (κ2) is 41.2. The zero-order valence-electron chi connectivity index (χ0n) is 14.5. The van der Waals surface area contributed by atoms with Crippen LogP contribution in [-0.4, -0.2) is 35.3 Å². The van der Waals surface area contributed by atoms with Crippen molar-refractivity contribution < 1.29 is 4.79 Å². The summed E-state index contributed by atoms with van der Waals surface area (Å²) < 4.78 is -5.91. The molecule has 0 aliphatic rings. The smallest absolute Gasteiger partial charge is 0.197 e. The monoisotopic (exact) mass is 881 g/mol. The number of Topliss-reactive ketones (excluding diaryl/α,β-unsaturated/α-hetero) is 1. The molecule has 0 atom stereocenters. The molecule has 1 nitrogen and oxygen atoms in total. The number of hydrogen-bond donors (Lipinski definition) is 0. The molecule has 0 heterocycles. The first-order chi connectivity index (χ1) is 13.8. The van der Waals surface area contributed by atoms with Crippen molar-refractivity contribution in [3.63, 3.8) is 0 Å². The van der Waals surface area contributed by atoms with E-state index in [2.05, 4.69) is 0 Å². The molecule has 0 saturated carbocycles. The van der Waals surface area contributed by atoms with Crippen LogP contribution in [0.4, 0.5) is 0 Å². The van der Waals surface area contributed by atoms with Gasteiger partial charge in [-0.05, 0) is 6.92 Å². The van der Waals surface area contributed by atoms with Crippen LogP contribution >= 0.6 is 244 Å². The van der Waals surface area contributed by atoms with Crippen molar-refractivity contribution in [2.45, 2.75) is 42.9 Å². The maximum absolute atomic E-state index is 10.2. The number of carbonyl (C=O) groups is 1. The van der Waals surface area contributed by atoms with Crippen molar-refractivity contribution in [1.82, 2.24) is 0 Å². The number of rotatable bonds is 1. The van der Waals surface area contributed by atoms with Gasteiger partial charge in [0, 0.05) is 0 Å². The molecule has 0 aliphatic heterocycles. The molecule has 204 valence electrons. The summed E-state index contributed by atoms with van der Waals surface area (Å²) >= 11 is 102. The number of halogens is 21. The van der Waals surface area contributed by atoms with Crippen LogP contribution < -0.4 is 0 Å². The Balaban J connectivity index is -0.0000000467. The van der Waals surface area contributed by atoms with Gasteiger partial charge in [0.25, 0.3) is 0 Å². The normalized spacial score (nSPS) is 9.62. The second-order valence-electron chi connectivity index (χ2n) is 2.98. The predicted molar refractivity (Wildman–Crippen MR) is 164 cm³/mol. The Morgan fingerprint density at radius 2 is 0.562 bits per heavy atom. The standard InChI is InChI=1S/C4H5Cl3O.6CHCl3/c1-3(8)2-4(5,6)7;6*2-1(3)4/h2H2,1H3;6*1H. The quantitative estimate of drug-likeness (QED) is 0.240. The van der Waals surface area contributed by atoms with Crippen molar-refractivity contribution in [3.05, 3.63) is 0 Å². The minimum atomic E-state index is -1.41. The van der Waals surface area contributed by atoms with Crippen LogP contribution in [0.25, 0.3) is 0 Å². The molecule has 0 bridgehead atoms. The van der Waals surface area contributed by atoms with E-state index in [0.717, 1.165) is 0 Å². The largest absolute Gasteiger partial charge is 0.300 e. The average Bonchev–Trinajstić information content (AvgIpc) is 2.29. The van der Waals surface area contributed by atoms with Gasteiger partial charge in [0.15, 0.2) is 29.6 Å². The van der Waals surface area contributed by atoms with Crippen molar-refractivity contribution in [1.29, 1.82) is 0 Å². The average molecular weight is 892 g/mol. The Hall–Kier alpha value is 5.76. The molecule has 0 aromatic carbocycles. The zero-order chi connectivity index (χ0) is 28.2. The topological polar surface area (TPSA) is 17.1 Å². The lowest BCUT2D eigenvalue weighted by molar-refractivity contribution is -0.116. The van der Waals surface area contributed by atoms with Crippen LogP contribution in [0.1, 0.15) is 13.3 Å². The van der Waals surface area contributed by atoms with Crippen LogP contribution in [0.15, 0.2) is 0 Å². The van der Waals surface area contributed by atoms with Gasteiger partial charge < -0.3 is 0 Å². The fourth-order valence-electron chi connectivity index (χ4n) is 0.282. The highest BCUT2D eigenvalue weighted by Crippen LogP contribution is 2.29. The summed E-state index contributed by atoms with van der Waals surface area (Å²) in [5.74, 6) is -0.120. The van der Waals surface area contributed by atoms with E-state index in [0.29, 0.717) is 0 Å². The van der Waals surface area contributed by atoms with Crippen LogP contribution in [-0.2, 0) is 4.79 Å². The molecule has 0 spiro atoms. The molecule has 22 heteroatoms. The van der Waals surface area contributed by atoms with Crippen molar-refractivity contribution >= 4 is 249 Å². The van der Waals surface area contributed by atoms with E-state index in [4.69, 9.17) is 244 Å². The minimum absolute atomic E-state index is 0.0162. The molecule has 0 aromatic rings. The van der Waals surface area contributed by atoms with Gasteiger partial charge in [-0.1, -0.05) is 244 Å². The second-order valence-corrected chi connectivity index (χ2v) is 17.4. The van der Waals surface area contributed by atoms with Crippen molar-refractivity contribution in [2.24, 2.45) is 0 Å². The van der Waals surface area contributed by atoms with Crippen molar-refractivity contribution in [2.75, 3.05) is 0 Å². The Bertz CT molecular complexity index is 253. The highest BCUT2D eigenvalue weighted by atomic mass is 35.6. The summed E-state index contributed by atoms with van der Waals surface area (Å²) in [6.45, 7) is 1.38. The SMILES string of the molecule is CC(=O)CC(Cl)(Cl)Cl.ClC(Cl)Cl.ClC(Cl)Cl.ClC(Cl)Cl.ClC(Cl)Cl.ClC(Cl)Cl.ClC(Cl)Cl. The number of alkyl halides is 21. The Kier molecular flexibility index (Phi) is 69.5. The van der Waals surface area contributed by atoms with E-state index in [1.807, 2.05) is 0 Å². The molecule has 0 rings (SSSR count). The zero-order valence-corrected chi connectivity index (χ0v) is 30.4. The summed E-state index contributed by atoms with van der Waals surface area (Å²) in [7, 11) is 0. The highest BCUT2D eigenvalue weighted by molar-refractivity contribution is 6.68. The van der Waals surface area contributed by atoms with E-state index >= 15 is 0 Å². The third kappa shape index (κ3) is 373. The minimum Gasteiger partial charge on any atom is -0.300 e.